The van der Waals surface area contributed by atoms with E-state index in [2.05, 4.69) is 5.32 Å². The molecule has 0 saturated carbocycles. The summed E-state index contributed by atoms with van der Waals surface area (Å²) in [5.41, 5.74) is 0.815. The number of carbonyl (C=O) groups excluding carboxylic acids is 2. The van der Waals surface area contributed by atoms with E-state index in [0.717, 1.165) is 18.4 Å². The molecule has 0 bridgehead atoms. The number of methoxy groups -OCH3 is 1. The molecule has 2 aliphatic rings. The van der Waals surface area contributed by atoms with Crippen LogP contribution in [0.25, 0.3) is 0 Å². The van der Waals surface area contributed by atoms with Gasteiger partial charge in [-0.05, 0) is 30.9 Å². The molecule has 27 heavy (non-hydrogen) atoms. The van der Waals surface area contributed by atoms with Crippen molar-refractivity contribution in [3.8, 4) is 0 Å². The fourth-order valence-corrected chi connectivity index (χ4v) is 4.18. The van der Waals surface area contributed by atoms with Crippen LogP contribution in [0, 0.1) is 5.92 Å². The Balaban J connectivity index is 1.86. The fourth-order valence-electron chi connectivity index (χ4n) is 3.93. The molecule has 2 atom stereocenters. The highest BCUT2D eigenvalue weighted by Crippen LogP contribution is 2.39. The summed E-state index contributed by atoms with van der Waals surface area (Å²) in [7, 11) is 1.61. The molecular weight excluding hydrogens is 368 g/mol. The van der Waals surface area contributed by atoms with Crippen LogP contribution in [0.4, 0.5) is 0 Å². The molecule has 2 heterocycles. The summed E-state index contributed by atoms with van der Waals surface area (Å²) in [6, 6.07) is 7.20. The van der Waals surface area contributed by atoms with E-state index >= 15 is 0 Å². The molecule has 0 aromatic heterocycles. The van der Waals surface area contributed by atoms with E-state index in [1.165, 1.54) is 0 Å². The van der Waals surface area contributed by atoms with Crippen LogP contribution < -0.4 is 5.32 Å². The van der Waals surface area contributed by atoms with Gasteiger partial charge in [0.1, 0.15) is 0 Å². The Kier molecular flexibility index (Phi) is 7.10. The van der Waals surface area contributed by atoms with Crippen LogP contribution in [0.1, 0.15) is 37.3 Å². The molecule has 3 rings (SSSR count). The number of halogens is 1. The van der Waals surface area contributed by atoms with Gasteiger partial charge < -0.3 is 19.7 Å². The number of carbonyl (C=O) groups is 2. The average molecular weight is 395 g/mol. The highest BCUT2D eigenvalue weighted by atomic mass is 35.5. The van der Waals surface area contributed by atoms with E-state index in [1.54, 1.807) is 18.1 Å². The molecule has 1 N–H and O–H groups in total. The summed E-state index contributed by atoms with van der Waals surface area (Å²) in [5.74, 6) is -0.309. The quantitative estimate of drug-likeness (QED) is 0.805. The van der Waals surface area contributed by atoms with Crippen LogP contribution in [0.15, 0.2) is 24.3 Å². The van der Waals surface area contributed by atoms with E-state index in [-0.39, 0.29) is 29.8 Å². The lowest BCUT2D eigenvalue weighted by molar-refractivity contribution is -0.144. The van der Waals surface area contributed by atoms with Crippen LogP contribution >= 0.6 is 11.6 Å². The van der Waals surface area contributed by atoms with Crippen molar-refractivity contribution < 1.29 is 19.1 Å². The van der Waals surface area contributed by atoms with Gasteiger partial charge in [0.15, 0.2) is 0 Å². The number of likely N-dealkylation sites (tertiary alicyclic amines) is 1. The maximum absolute atomic E-state index is 13.1. The van der Waals surface area contributed by atoms with Gasteiger partial charge in [0, 0.05) is 44.4 Å². The van der Waals surface area contributed by atoms with E-state index < -0.39 is 0 Å². The zero-order chi connectivity index (χ0) is 19.2. The zero-order valence-electron chi connectivity index (χ0n) is 15.7. The number of piperidine rings is 1. The van der Waals surface area contributed by atoms with Gasteiger partial charge in [0.05, 0.1) is 18.6 Å². The number of nitrogens with zero attached hydrogens (tertiary/aromatic N) is 1. The Labute approximate surface area is 165 Å². The first kappa shape index (κ1) is 20.1. The number of ether oxygens (including phenoxy) is 2. The van der Waals surface area contributed by atoms with E-state index in [1.807, 2.05) is 18.2 Å². The first-order valence-corrected chi connectivity index (χ1v) is 9.90. The number of nitrogens with one attached hydrogen (secondary N) is 1. The standard InChI is InChI=1S/C20H27ClN2O4/c1-26-13-10-23-18(24)7-6-16(19(23)15-4-2-3-5-17(15)21)20(25)22-14-8-11-27-12-9-14/h2-5,14,16,19H,6-13H2,1H3,(H,22,25)/t16-,19+/m1/s1. The van der Waals surface area contributed by atoms with Crippen LogP contribution in [0.5, 0.6) is 0 Å². The van der Waals surface area contributed by atoms with E-state index in [9.17, 15) is 9.59 Å². The van der Waals surface area contributed by atoms with Gasteiger partial charge in [-0.15, -0.1) is 0 Å². The van der Waals surface area contributed by atoms with Crippen molar-refractivity contribution in [2.75, 3.05) is 33.5 Å². The first-order chi connectivity index (χ1) is 13.1. The Morgan fingerprint density at radius 1 is 1.30 bits per heavy atom. The molecule has 2 saturated heterocycles. The highest BCUT2D eigenvalue weighted by molar-refractivity contribution is 6.31. The van der Waals surface area contributed by atoms with E-state index in [4.69, 9.17) is 21.1 Å². The van der Waals surface area contributed by atoms with Gasteiger partial charge in [-0.3, -0.25) is 9.59 Å². The lowest BCUT2D eigenvalue weighted by Gasteiger charge is -2.41. The van der Waals surface area contributed by atoms with Crippen molar-refractivity contribution in [3.05, 3.63) is 34.9 Å². The van der Waals surface area contributed by atoms with Crippen molar-refractivity contribution in [3.63, 3.8) is 0 Å². The average Bonchev–Trinajstić information content (AvgIpc) is 2.68. The largest absolute Gasteiger partial charge is 0.383 e. The zero-order valence-corrected chi connectivity index (χ0v) is 16.4. The number of hydrogen-bond donors (Lipinski definition) is 1. The van der Waals surface area contributed by atoms with Gasteiger partial charge in [-0.2, -0.15) is 0 Å². The fraction of sp³-hybridized carbons (Fsp3) is 0.600. The molecular formula is C20H27ClN2O4. The first-order valence-electron chi connectivity index (χ1n) is 9.52. The molecule has 0 unspecified atom stereocenters. The van der Waals surface area contributed by atoms with Gasteiger partial charge in [0.25, 0.3) is 0 Å². The Morgan fingerprint density at radius 2 is 2.04 bits per heavy atom. The van der Waals surface area contributed by atoms with Crippen molar-refractivity contribution >= 4 is 23.4 Å². The van der Waals surface area contributed by atoms with Crippen molar-refractivity contribution in [2.45, 2.75) is 37.8 Å². The van der Waals surface area contributed by atoms with Gasteiger partial charge in [0.2, 0.25) is 11.8 Å². The van der Waals surface area contributed by atoms with Crippen LogP contribution in [-0.4, -0.2) is 56.2 Å². The Bertz CT molecular complexity index is 663. The summed E-state index contributed by atoms with van der Waals surface area (Å²) in [4.78, 5) is 27.5. The second-order valence-corrected chi connectivity index (χ2v) is 7.49. The molecule has 0 radical (unpaired) electrons. The molecule has 2 amide bonds. The predicted octanol–water partition coefficient (Wildman–Crippen LogP) is 2.56. The summed E-state index contributed by atoms with van der Waals surface area (Å²) in [6.45, 7) is 2.19. The number of benzene rings is 1. The van der Waals surface area contributed by atoms with Crippen molar-refractivity contribution in [1.29, 1.82) is 0 Å². The van der Waals surface area contributed by atoms with Crippen LogP contribution in [-0.2, 0) is 19.1 Å². The number of amides is 2. The monoisotopic (exact) mass is 394 g/mol. The van der Waals surface area contributed by atoms with Crippen molar-refractivity contribution in [2.24, 2.45) is 5.92 Å². The summed E-state index contributed by atoms with van der Waals surface area (Å²) >= 11 is 6.45. The molecule has 0 spiro atoms. The second kappa shape index (κ2) is 9.53. The smallest absolute Gasteiger partial charge is 0.225 e. The van der Waals surface area contributed by atoms with Crippen molar-refractivity contribution in [1.82, 2.24) is 10.2 Å². The topological polar surface area (TPSA) is 67.9 Å². The molecule has 6 nitrogen and oxygen atoms in total. The van der Waals surface area contributed by atoms with Crippen LogP contribution in [0.3, 0.4) is 0 Å². The molecule has 1 aromatic carbocycles. The minimum absolute atomic E-state index is 0.0123. The SMILES string of the molecule is COCCN1C(=O)CC[C@@H](C(=O)NC2CCOCC2)[C@@H]1c1ccccc1Cl. The Hall–Kier alpha value is -1.63. The third-order valence-corrected chi connectivity index (χ3v) is 5.72. The predicted molar refractivity (Wildman–Crippen MR) is 102 cm³/mol. The second-order valence-electron chi connectivity index (χ2n) is 7.09. The van der Waals surface area contributed by atoms with Gasteiger partial charge in [-0.25, -0.2) is 0 Å². The Morgan fingerprint density at radius 3 is 2.74 bits per heavy atom. The number of hydrogen-bond acceptors (Lipinski definition) is 4. The van der Waals surface area contributed by atoms with Gasteiger partial charge >= 0.3 is 0 Å². The summed E-state index contributed by atoms with van der Waals surface area (Å²) in [5, 5.41) is 3.74. The summed E-state index contributed by atoms with van der Waals surface area (Å²) in [6.07, 6.45) is 2.52. The third-order valence-electron chi connectivity index (χ3n) is 5.37. The highest BCUT2D eigenvalue weighted by Gasteiger charge is 2.41. The minimum Gasteiger partial charge on any atom is -0.383 e. The van der Waals surface area contributed by atoms with E-state index in [0.29, 0.717) is 44.2 Å². The molecule has 1 aromatic rings. The molecule has 2 aliphatic heterocycles. The lowest BCUT2D eigenvalue weighted by atomic mass is 9.83. The normalized spacial score (nSPS) is 24.1. The van der Waals surface area contributed by atoms with Gasteiger partial charge in [-0.1, -0.05) is 29.8 Å². The third kappa shape index (κ3) is 4.81. The molecule has 7 heteroatoms. The summed E-state index contributed by atoms with van der Waals surface area (Å²) < 4.78 is 10.6. The molecule has 0 aliphatic carbocycles. The van der Waals surface area contributed by atoms with Crippen LogP contribution in [0.2, 0.25) is 5.02 Å². The molecule has 148 valence electrons. The lowest BCUT2D eigenvalue weighted by Crippen LogP contribution is -2.51. The minimum atomic E-state index is -0.380. The number of rotatable bonds is 6. The maximum atomic E-state index is 13.1. The maximum Gasteiger partial charge on any atom is 0.225 e. The molecule has 2 fully saturated rings.